The summed E-state index contributed by atoms with van der Waals surface area (Å²) in [7, 11) is 0. The lowest BCUT2D eigenvalue weighted by Crippen LogP contribution is -2.45. The molecule has 0 radical (unpaired) electrons. The molecule has 3 heterocycles. The number of hydrogen-bond donors (Lipinski definition) is 2. The summed E-state index contributed by atoms with van der Waals surface area (Å²) in [5.41, 5.74) is 0. The first-order valence-electron chi connectivity index (χ1n) is 11.0. The Morgan fingerprint density at radius 2 is 2.00 bits per heavy atom. The smallest absolute Gasteiger partial charge is 0.225 e. The summed E-state index contributed by atoms with van der Waals surface area (Å²) in [5, 5.41) is 15.5. The summed E-state index contributed by atoms with van der Waals surface area (Å²) < 4.78 is 2.22. The normalized spacial score (nSPS) is 23.1. The van der Waals surface area contributed by atoms with Crippen molar-refractivity contribution >= 4 is 11.9 Å². The minimum atomic E-state index is 0.260. The summed E-state index contributed by atoms with van der Waals surface area (Å²) in [4.78, 5) is 19.4. The zero-order valence-electron chi connectivity index (χ0n) is 17.0. The predicted molar refractivity (Wildman–Crippen MR) is 108 cm³/mol. The van der Waals surface area contributed by atoms with E-state index < -0.39 is 0 Å². The van der Waals surface area contributed by atoms with Gasteiger partial charge in [-0.1, -0.05) is 12.8 Å². The number of rotatable bonds is 5. The Bertz CT molecular complexity index is 707. The van der Waals surface area contributed by atoms with Crippen molar-refractivity contribution in [1.29, 1.82) is 0 Å². The SMILES string of the molecule is CCNC(=NCc1nnc2n1CCCC2)NC1CCN(C(=O)C2CCCC2)C1. The first-order chi connectivity index (χ1) is 13.7. The Balaban J connectivity index is 1.34. The van der Waals surface area contributed by atoms with Gasteiger partial charge in [0.25, 0.3) is 0 Å². The molecule has 2 aliphatic heterocycles. The molecule has 28 heavy (non-hydrogen) atoms. The number of hydrogen-bond acceptors (Lipinski definition) is 4. The molecule has 1 amide bonds. The highest BCUT2D eigenvalue weighted by molar-refractivity contribution is 5.81. The molecular formula is C20H33N7O. The van der Waals surface area contributed by atoms with Gasteiger partial charge in [0.2, 0.25) is 5.91 Å². The standard InChI is InChI=1S/C20H33N7O/c1-2-21-20(22-13-18-25-24-17-9-5-6-11-27(17)18)23-16-10-12-26(14-16)19(28)15-7-3-4-8-15/h15-16H,2-14H2,1H3,(H2,21,22,23). The van der Waals surface area contributed by atoms with Crippen LogP contribution in [0.15, 0.2) is 4.99 Å². The van der Waals surface area contributed by atoms with Crippen LogP contribution >= 0.6 is 0 Å². The van der Waals surface area contributed by atoms with Gasteiger partial charge in [-0.05, 0) is 39.0 Å². The van der Waals surface area contributed by atoms with Crippen LogP contribution in [0.5, 0.6) is 0 Å². The lowest BCUT2D eigenvalue weighted by molar-refractivity contribution is -0.134. The van der Waals surface area contributed by atoms with Crippen molar-refractivity contribution in [3.8, 4) is 0 Å². The fourth-order valence-corrected chi connectivity index (χ4v) is 4.66. The van der Waals surface area contributed by atoms with Gasteiger partial charge in [-0.2, -0.15) is 0 Å². The zero-order valence-corrected chi connectivity index (χ0v) is 17.0. The second kappa shape index (κ2) is 8.92. The molecule has 1 saturated carbocycles. The van der Waals surface area contributed by atoms with Gasteiger partial charge in [-0.25, -0.2) is 4.99 Å². The molecule has 8 nitrogen and oxygen atoms in total. The molecule has 1 aromatic rings. The van der Waals surface area contributed by atoms with Crippen molar-refractivity contribution in [3.63, 3.8) is 0 Å². The molecule has 2 fully saturated rings. The Hall–Kier alpha value is -2.12. The fraction of sp³-hybridized carbons (Fsp3) is 0.800. The summed E-state index contributed by atoms with van der Waals surface area (Å²) in [6, 6.07) is 0.260. The van der Waals surface area contributed by atoms with E-state index >= 15 is 0 Å². The van der Waals surface area contributed by atoms with Gasteiger partial charge in [-0.15, -0.1) is 10.2 Å². The minimum Gasteiger partial charge on any atom is -0.357 e. The predicted octanol–water partition coefficient (Wildman–Crippen LogP) is 1.46. The maximum atomic E-state index is 12.7. The lowest BCUT2D eigenvalue weighted by atomic mass is 10.1. The molecule has 8 heteroatoms. The number of amides is 1. The van der Waals surface area contributed by atoms with Crippen molar-refractivity contribution < 1.29 is 4.79 Å². The van der Waals surface area contributed by atoms with Crippen molar-refractivity contribution in [2.45, 2.75) is 77.4 Å². The highest BCUT2D eigenvalue weighted by Crippen LogP contribution is 2.27. The number of likely N-dealkylation sites (tertiary alicyclic amines) is 1. The summed E-state index contributed by atoms with van der Waals surface area (Å²) >= 11 is 0. The molecule has 0 bridgehead atoms. The first kappa shape index (κ1) is 19.2. The molecule has 0 aromatic carbocycles. The zero-order chi connectivity index (χ0) is 19.3. The molecule has 3 aliphatic rings. The lowest BCUT2D eigenvalue weighted by Gasteiger charge is -2.21. The third-order valence-electron chi connectivity index (χ3n) is 6.20. The largest absolute Gasteiger partial charge is 0.357 e. The van der Waals surface area contributed by atoms with E-state index in [2.05, 4.69) is 32.3 Å². The van der Waals surface area contributed by atoms with Crippen LogP contribution in [0.3, 0.4) is 0 Å². The number of guanidine groups is 1. The highest BCUT2D eigenvalue weighted by Gasteiger charge is 2.32. The second-order valence-corrected chi connectivity index (χ2v) is 8.23. The molecule has 2 N–H and O–H groups in total. The number of nitrogens with zero attached hydrogens (tertiary/aromatic N) is 5. The molecule has 1 aliphatic carbocycles. The van der Waals surface area contributed by atoms with E-state index in [4.69, 9.17) is 4.99 Å². The molecule has 1 atom stereocenters. The van der Waals surface area contributed by atoms with Crippen LogP contribution in [0.25, 0.3) is 0 Å². The van der Waals surface area contributed by atoms with E-state index in [0.29, 0.717) is 12.5 Å². The number of aliphatic imine (C=N–C) groups is 1. The number of carbonyl (C=O) groups is 1. The summed E-state index contributed by atoms with van der Waals surface area (Å²) in [6.07, 6.45) is 8.92. The average Bonchev–Trinajstić information content (AvgIpc) is 3.46. The minimum absolute atomic E-state index is 0.260. The van der Waals surface area contributed by atoms with Gasteiger partial charge in [0.1, 0.15) is 12.4 Å². The van der Waals surface area contributed by atoms with Gasteiger partial charge in [-0.3, -0.25) is 4.79 Å². The fourth-order valence-electron chi connectivity index (χ4n) is 4.66. The van der Waals surface area contributed by atoms with Crippen LogP contribution in [-0.2, 0) is 24.3 Å². The van der Waals surface area contributed by atoms with Crippen LogP contribution in [0.4, 0.5) is 0 Å². The molecule has 0 spiro atoms. The molecule has 1 aromatic heterocycles. The van der Waals surface area contributed by atoms with Gasteiger partial charge >= 0.3 is 0 Å². The van der Waals surface area contributed by atoms with E-state index in [1.165, 1.54) is 25.7 Å². The highest BCUT2D eigenvalue weighted by atomic mass is 16.2. The Morgan fingerprint density at radius 1 is 1.14 bits per heavy atom. The van der Waals surface area contributed by atoms with Crippen LogP contribution in [0, 0.1) is 5.92 Å². The van der Waals surface area contributed by atoms with Crippen LogP contribution in [0.2, 0.25) is 0 Å². The number of fused-ring (bicyclic) bond motifs is 1. The number of nitrogens with one attached hydrogen (secondary N) is 2. The van der Waals surface area contributed by atoms with Crippen LogP contribution in [0.1, 0.15) is 63.5 Å². The molecule has 154 valence electrons. The summed E-state index contributed by atoms with van der Waals surface area (Å²) in [6.45, 7) is 6.03. The van der Waals surface area contributed by atoms with Gasteiger partial charge in [0.05, 0.1) is 0 Å². The van der Waals surface area contributed by atoms with Crippen molar-refractivity contribution in [2.75, 3.05) is 19.6 Å². The van der Waals surface area contributed by atoms with Crippen molar-refractivity contribution in [3.05, 3.63) is 11.6 Å². The maximum Gasteiger partial charge on any atom is 0.225 e. The molecule has 1 saturated heterocycles. The van der Waals surface area contributed by atoms with E-state index in [1.54, 1.807) is 0 Å². The first-order valence-corrected chi connectivity index (χ1v) is 11.0. The Kier molecular flexibility index (Phi) is 6.12. The molecule has 4 rings (SSSR count). The third kappa shape index (κ3) is 4.31. The van der Waals surface area contributed by atoms with Crippen LogP contribution < -0.4 is 10.6 Å². The third-order valence-corrected chi connectivity index (χ3v) is 6.20. The molecular weight excluding hydrogens is 354 g/mol. The topological polar surface area (TPSA) is 87.4 Å². The van der Waals surface area contributed by atoms with E-state index in [9.17, 15) is 4.79 Å². The number of aryl methyl sites for hydroxylation is 1. The Morgan fingerprint density at radius 3 is 2.82 bits per heavy atom. The van der Waals surface area contributed by atoms with Gasteiger partial charge < -0.3 is 20.1 Å². The van der Waals surface area contributed by atoms with Gasteiger partial charge in [0, 0.05) is 44.6 Å². The number of carbonyl (C=O) groups excluding carboxylic acids is 1. The monoisotopic (exact) mass is 387 g/mol. The van der Waals surface area contributed by atoms with E-state index in [0.717, 1.165) is 69.5 Å². The number of aromatic nitrogens is 3. The van der Waals surface area contributed by atoms with Crippen molar-refractivity contribution in [1.82, 2.24) is 30.3 Å². The van der Waals surface area contributed by atoms with E-state index in [1.807, 2.05) is 4.90 Å². The summed E-state index contributed by atoms with van der Waals surface area (Å²) in [5.74, 6) is 3.46. The van der Waals surface area contributed by atoms with Gasteiger partial charge in [0.15, 0.2) is 11.8 Å². The second-order valence-electron chi connectivity index (χ2n) is 8.23. The van der Waals surface area contributed by atoms with Crippen molar-refractivity contribution in [2.24, 2.45) is 10.9 Å². The van der Waals surface area contributed by atoms with E-state index in [-0.39, 0.29) is 12.0 Å². The quantitative estimate of drug-likeness (QED) is 0.590. The average molecular weight is 388 g/mol. The van der Waals surface area contributed by atoms with Crippen LogP contribution in [-0.4, -0.2) is 57.2 Å². The Labute approximate surface area is 167 Å². The maximum absolute atomic E-state index is 12.7. The molecule has 1 unspecified atom stereocenters.